The van der Waals surface area contributed by atoms with Crippen molar-refractivity contribution in [2.45, 2.75) is 26.2 Å². The van der Waals surface area contributed by atoms with Gasteiger partial charge < -0.3 is 15.7 Å². The lowest BCUT2D eigenvalue weighted by Crippen LogP contribution is -2.19. The van der Waals surface area contributed by atoms with Gasteiger partial charge in [-0.25, -0.2) is 4.98 Å². The number of aliphatic hydroxyl groups is 1. The number of aromatic nitrogens is 2. The third-order valence-corrected chi connectivity index (χ3v) is 3.69. The summed E-state index contributed by atoms with van der Waals surface area (Å²) in [5.41, 5.74) is 0.286. The van der Waals surface area contributed by atoms with Crippen molar-refractivity contribution in [3.05, 3.63) is 15.8 Å². The van der Waals surface area contributed by atoms with Gasteiger partial charge >= 0.3 is 5.69 Å². The summed E-state index contributed by atoms with van der Waals surface area (Å²) in [4.78, 5) is 18.8. The first kappa shape index (κ1) is 14.4. The summed E-state index contributed by atoms with van der Waals surface area (Å²) in [7, 11) is 1.67. The molecule has 0 atom stereocenters. The molecule has 0 aromatic carbocycles. The number of nitrogens with zero attached hydrogens (tertiary/aromatic N) is 3. The summed E-state index contributed by atoms with van der Waals surface area (Å²) < 4.78 is 0. The lowest BCUT2D eigenvalue weighted by Gasteiger charge is -2.15. The molecule has 0 radical (unpaired) electrons. The van der Waals surface area contributed by atoms with Crippen LogP contribution in [0.5, 0.6) is 0 Å². The van der Waals surface area contributed by atoms with E-state index < -0.39 is 4.92 Å². The zero-order valence-electron chi connectivity index (χ0n) is 11.6. The molecule has 1 saturated carbocycles. The third kappa shape index (κ3) is 2.96. The molecule has 0 bridgehead atoms. The van der Waals surface area contributed by atoms with E-state index in [1.807, 2.05) is 0 Å². The summed E-state index contributed by atoms with van der Waals surface area (Å²) in [5.74, 6) is 0.582. The van der Waals surface area contributed by atoms with Crippen LogP contribution < -0.4 is 10.6 Å². The van der Waals surface area contributed by atoms with Crippen molar-refractivity contribution < 1.29 is 10.0 Å². The highest BCUT2D eigenvalue weighted by molar-refractivity contribution is 5.60. The largest absolute Gasteiger partial charge is 0.396 e. The van der Waals surface area contributed by atoms with Gasteiger partial charge in [-0.05, 0) is 31.6 Å². The van der Waals surface area contributed by atoms with Gasteiger partial charge in [0.2, 0.25) is 11.8 Å². The maximum atomic E-state index is 11.1. The predicted molar refractivity (Wildman–Crippen MR) is 74.8 cm³/mol. The number of rotatable bonds is 7. The number of hydrogen-bond donors (Lipinski definition) is 3. The number of nitro groups is 1. The summed E-state index contributed by atoms with van der Waals surface area (Å²) in [6.07, 6.45) is 2.76. The Balaban J connectivity index is 2.21. The van der Waals surface area contributed by atoms with Gasteiger partial charge in [0.05, 0.1) is 4.92 Å². The zero-order chi connectivity index (χ0) is 14.8. The Morgan fingerprint density at radius 2 is 2.15 bits per heavy atom. The van der Waals surface area contributed by atoms with Gasteiger partial charge in [0.1, 0.15) is 5.69 Å². The van der Waals surface area contributed by atoms with Gasteiger partial charge in [0.15, 0.2) is 0 Å². The molecule has 0 saturated heterocycles. The molecule has 1 aromatic heterocycles. The van der Waals surface area contributed by atoms with Gasteiger partial charge in [0, 0.05) is 20.2 Å². The molecule has 3 N–H and O–H groups in total. The Morgan fingerprint density at radius 1 is 1.45 bits per heavy atom. The first-order valence-corrected chi connectivity index (χ1v) is 6.57. The first-order valence-electron chi connectivity index (χ1n) is 6.57. The monoisotopic (exact) mass is 281 g/mol. The predicted octanol–water partition coefficient (Wildman–Crippen LogP) is 1.31. The Kier molecular flexibility index (Phi) is 4.03. The molecular weight excluding hydrogens is 262 g/mol. The van der Waals surface area contributed by atoms with Gasteiger partial charge in [-0.1, -0.05) is 0 Å². The fourth-order valence-electron chi connectivity index (χ4n) is 2.22. The van der Waals surface area contributed by atoms with Crippen LogP contribution in [0, 0.1) is 22.5 Å². The number of nitrogens with one attached hydrogen (secondary N) is 2. The van der Waals surface area contributed by atoms with Crippen LogP contribution in [-0.2, 0) is 0 Å². The fourth-order valence-corrected chi connectivity index (χ4v) is 2.22. The lowest BCUT2D eigenvalue weighted by atomic mass is 10.0. The lowest BCUT2D eigenvalue weighted by molar-refractivity contribution is -0.385. The molecule has 20 heavy (non-hydrogen) atoms. The minimum Gasteiger partial charge on any atom is -0.396 e. The highest BCUT2D eigenvalue weighted by atomic mass is 16.6. The molecule has 0 amide bonds. The van der Waals surface area contributed by atoms with E-state index in [9.17, 15) is 10.1 Å². The van der Waals surface area contributed by atoms with Gasteiger partial charge in [-0.15, -0.1) is 0 Å². The molecule has 1 fully saturated rings. The molecule has 1 aromatic rings. The maximum absolute atomic E-state index is 11.1. The first-order chi connectivity index (χ1) is 9.51. The quantitative estimate of drug-likeness (QED) is 0.510. The van der Waals surface area contributed by atoms with E-state index in [2.05, 4.69) is 20.6 Å². The minimum absolute atomic E-state index is 0.0568. The Bertz CT molecular complexity index is 516. The van der Waals surface area contributed by atoms with Crippen LogP contribution in [0.15, 0.2) is 0 Å². The van der Waals surface area contributed by atoms with Crippen molar-refractivity contribution in [3.8, 4) is 0 Å². The van der Waals surface area contributed by atoms with Gasteiger partial charge in [-0.2, -0.15) is 4.98 Å². The van der Waals surface area contributed by atoms with E-state index >= 15 is 0 Å². The van der Waals surface area contributed by atoms with E-state index in [0.29, 0.717) is 24.6 Å². The normalized spacial score (nSPS) is 15.8. The highest BCUT2D eigenvalue weighted by Crippen LogP contribution is 2.48. The molecule has 0 aliphatic heterocycles. The molecule has 0 spiro atoms. The summed E-state index contributed by atoms with van der Waals surface area (Å²) in [6.45, 7) is 2.30. The SMILES string of the molecule is CNc1nc(C)c([N+](=O)[O-])c(NCC2(CCO)CC2)n1. The number of aryl methyl sites for hydroxylation is 1. The van der Waals surface area contributed by atoms with Crippen molar-refractivity contribution in [1.82, 2.24) is 9.97 Å². The maximum Gasteiger partial charge on any atom is 0.332 e. The summed E-state index contributed by atoms with van der Waals surface area (Å²) in [6, 6.07) is 0. The average Bonchev–Trinajstić information content (AvgIpc) is 3.16. The Hall–Kier alpha value is -1.96. The van der Waals surface area contributed by atoms with Crippen LogP contribution >= 0.6 is 0 Å². The number of hydrogen-bond acceptors (Lipinski definition) is 7. The molecule has 8 nitrogen and oxygen atoms in total. The standard InChI is InChI=1S/C12H19N5O3/c1-8-9(17(19)20)10(16-11(13-2)15-8)14-7-12(3-4-12)5-6-18/h18H,3-7H2,1-2H3,(H2,13,14,15,16). The van der Waals surface area contributed by atoms with Crippen LogP contribution in [0.4, 0.5) is 17.5 Å². The Morgan fingerprint density at radius 3 is 2.65 bits per heavy atom. The topological polar surface area (TPSA) is 113 Å². The van der Waals surface area contributed by atoms with E-state index in [-0.39, 0.29) is 23.5 Å². The summed E-state index contributed by atoms with van der Waals surface area (Å²) in [5, 5.41) is 26.0. The minimum atomic E-state index is -0.470. The van der Waals surface area contributed by atoms with E-state index in [1.54, 1.807) is 14.0 Å². The smallest absolute Gasteiger partial charge is 0.332 e. The highest BCUT2D eigenvalue weighted by Gasteiger charge is 2.42. The van der Waals surface area contributed by atoms with Crippen LogP contribution in [0.2, 0.25) is 0 Å². The van der Waals surface area contributed by atoms with E-state index in [4.69, 9.17) is 5.11 Å². The Labute approximate surface area is 116 Å². The van der Waals surface area contributed by atoms with E-state index in [0.717, 1.165) is 12.8 Å². The van der Waals surface area contributed by atoms with Crippen molar-refractivity contribution in [1.29, 1.82) is 0 Å². The summed E-state index contributed by atoms with van der Waals surface area (Å²) >= 11 is 0. The number of anilines is 2. The van der Waals surface area contributed by atoms with E-state index in [1.165, 1.54) is 0 Å². The van der Waals surface area contributed by atoms with Crippen LogP contribution in [0.3, 0.4) is 0 Å². The van der Waals surface area contributed by atoms with Crippen LogP contribution in [0.25, 0.3) is 0 Å². The average molecular weight is 281 g/mol. The van der Waals surface area contributed by atoms with Crippen molar-refractivity contribution >= 4 is 17.5 Å². The molecular formula is C12H19N5O3. The van der Waals surface area contributed by atoms with Crippen LogP contribution in [-0.4, -0.2) is 40.2 Å². The molecule has 1 heterocycles. The molecule has 1 aliphatic rings. The van der Waals surface area contributed by atoms with Crippen molar-refractivity contribution in [3.63, 3.8) is 0 Å². The molecule has 0 unspecified atom stereocenters. The molecule has 1 aliphatic carbocycles. The van der Waals surface area contributed by atoms with Gasteiger partial charge in [-0.3, -0.25) is 10.1 Å². The second-order valence-electron chi connectivity index (χ2n) is 5.16. The molecule has 2 rings (SSSR count). The number of aliphatic hydroxyl groups excluding tert-OH is 1. The third-order valence-electron chi connectivity index (χ3n) is 3.69. The van der Waals surface area contributed by atoms with Gasteiger partial charge in [0.25, 0.3) is 0 Å². The zero-order valence-corrected chi connectivity index (χ0v) is 11.6. The molecule has 110 valence electrons. The fraction of sp³-hybridized carbons (Fsp3) is 0.667. The second-order valence-corrected chi connectivity index (χ2v) is 5.16. The van der Waals surface area contributed by atoms with Crippen molar-refractivity contribution in [2.24, 2.45) is 5.41 Å². The van der Waals surface area contributed by atoms with Crippen LogP contribution in [0.1, 0.15) is 25.0 Å². The van der Waals surface area contributed by atoms with Crippen molar-refractivity contribution in [2.75, 3.05) is 30.8 Å². The molecule has 8 heteroatoms. The second kappa shape index (κ2) is 5.58.